The number of methoxy groups -OCH3 is 1. The third-order valence-electron chi connectivity index (χ3n) is 2.83. The van der Waals surface area contributed by atoms with Gasteiger partial charge < -0.3 is 15.8 Å². The van der Waals surface area contributed by atoms with Crippen LogP contribution in [-0.4, -0.2) is 40.6 Å². The number of nitrogens with two attached hydrogens (primary N) is 1. The van der Waals surface area contributed by atoms with Crippen molar-refractivity contribution in [1.29, 1.82) is 0 Å². The number of anilines is 1. The Kier molecular flexibility index (Phi) is 6.13. The first-order valence-corrected chi connectivity index (χ1v) is 7.91. The zero-order chi connectivity index (χ0) is 16.0. The van der Waals surface area contributed by atoms with Crippen molar-refractivity contribution in [2.75, 3.05) is 26.0 Å². The smallest absolute Gasteiger partial charge is 0.241 e. The SMILES string of the molecule is COCCNC(=O)C(C)NS(=O)(=O)c1cc(N)ccc1C. The Labute approximate surface area is 124 Å². The summed E-state index contributed by atoms with van der Waals surface area (Å²) in [6, 6.07) is 3.71. The van der Waals surface area contributed by atoms with Crippen LogP contribution in [0.25, 0.3) is 0 Å². The molecule has 1 atom stereocenters. The number of benzene rings is 1. The number of sulfonamides is 1. The Morgan fingerprint density at radius 2 is 2.10 bits per heavy atom. The first-order chi connectivity index (χ1) is 9.77. The van der Waals surface area contributed by atoms with Gasteiger partial charge in [-0.3, -0.25) is 4.79 Å². The van der Waals surface area contributed by atoms with Crippen LogP contribution in [0.2, 0.25) is 0 Å². The minimum absolute atomic E-state index is 0.0686. The molecule has 1 rings (SSSR count). The van der Waals surface area contributed by atoms with Crippen LogP contribution in [0.5, 0.6) is 0 Å². The number of amides is 1. The monoisotopic (exact) mass is 315 g/mol. The molecule has 0 spiro atoms. The summed E-state index contributed by atoms with van der Waals surface area (Å²) in [7, 11) is -2.30. The van der Waals surface area contributed by atoms with Crippen LogP contribution >= 0.6 is 0 Å². The van der Waals surface area contributed by atoms with Crippen molar-refractivity contribution < 1.29 is 17.9 Å². The lowest BCUT2D eigenvalue weighted by Crippen LogP contribution is -2.45. The van der Waals surface area contributed by atoms with E-state index in [0.29, 0.717) is 24.4 Å². The number of ether oxygens (including phenoxy) is 1. The summed E-state index contributed by atoms with van der Waals surface area (Å²) in [5.41, 5.74) is 6.51. The van der Waals surface area contributed by atoms with E-state index in [-0.39, 0.29) is 4.90 Å². The molecule has 1 aromatic rings. The number of nitrogens with one attached hydrogen (secondary N) is 2. The van der Waals surface area contributed by atoms with Gasteiger partial charge in [-0.1, -0.05) is 6.07 Å². The summed E-state index contributed by atoms with van der Waals surface area (Å²) in [5.74, 6) is -0.419. The lowest BCUT2D eigenvalue weighted by molar-refractivity contribution is -0.122. The average Bonchev–Trinajstić information content (AvgIpc) is 2.41. The fraction of sp³-hybridized carbons (Fsp3) is 0.462. The number of carbonyl (C=O) groups is 1. The molecule has 0 aliphatic heterocycles. The molecule has 1 amide bonds. The Hall–Kier alpha value is -1.64. The molecule has 0 aliphatic carbocycles. The predicted molar refractivity (Wildman–Crippen MR) is 80.3 cm³/mol. The van der Waals surface area contributed by atoms with Gasteiger partial charge >= 0.3 is 0 Å². The van der Waals surface area contributed by atoms with Crippen molar-refractivity contribution in [2.24, 2.45) is 0 Å². The number of nitrogen functional groups attached to an aromatic ring is 1. The second-order valence-electron chi connectivity index (χ2n) is 4.65. The topological polar surface area (TPSA) is 111 Å². The molecule has 0 aliphatic rings. The molecule has 0 saturated heterocycles. The summed E-state index contributed by atoms with van der Waals surface area (Å²) in [5, 5.41) is 2.57. The van der Waals surface area contributed by atoms with Crippen molar-refractivity contribution in [3.05, 3.63) is 23.8 Å². The van der Waals surface area contributed by atoms with Gasteiger partial charge in [-0.05, 0) is 31.5 Å². The third-order valence-corrected chi connectivity index (χ3v) is 4.52. The first kappa shape index (κ1) is 17.4. The summed E-state index contributed by atoms with van der Waals surface area (Å²) >= 11 is 0. The van der Waals surface area contributed by atoms with Gasteiger partial charge in [-0.2, -0.15) is 4.72 Å². The highest BCUT2D eigenvalue weighted by molar-refractivity contribution is 7.89. The van der Waals surface area contributed by atoms with Gasteiger partial charge in [0.2, 0.25) is 15.9 Å². The van der Waals surface area contributed by atoms with E-state index in [1.165, 1.54) is 20.1 Å². The minimum Gasteiger partial charge on any atom is -0.399 e. The lowest BCUT2D eigenvalue weighted by Gasteiger charge is -2.15. The Morgan fingerprint density at radius 3 is 2.71 bits per heavy atom. The molecular weight excluding hydrogens is 294 g/mol. The van der Waals surface area contributed by atoms with E-state index < -0.39 is 22.0 Å². The standard InChI is InChI=1S/C13H21N3O4S/c1-9-4-5-11(14)8-12(9)21(18,19)16-10(2)13(17)15-6-7-20-3/h4-5,8,10,16H,6-7,14H2,1-3H3,(H,15,17). The van der Waals surface area contributed by atoms with E-state index in [2.05, 4.69) is 10.0 Å². The normalized spacial score (nSPS) is 12.9. The van der Waals surface area contributed by atoms with E-state index in [4.69, 9.17) is 10.5 Å². The highest BCUT2D eigenvalue weighted by atomic mass is 32.2. The maximum absolute atomic E-state index is 12.3. The molecule has 0 fully saturated rings. The molecule has 4 N–H and O–H groups in total. The number of hydrogen-bond acceptors (Lipinski definition) is 5. The van der Waals surface area contributed by atoms with E-state index in [0.717, 1.165) is 0 Å². The molecule has 118 valence electrons. The summed E-state index contributed by atoms with van der Waals surface area (Å²) in [6.07, 6.45) is 0. The van der Waals surface area contributed by atoms with E-state index in [1.54, 1.807) is 19.1 Å². The molecule has 0 aromatic heterocycles. The molecule has 0 bridgehead atoms. The van der Waals surface area contributed by atoms with Crippen LogP contribution in [0.15, 0.2) is 23.1 Å². The van der Waals surface area contributed by atoms with Crippen molar-refractivity contribution >= 4 is 21.6 Å². The maximum atomic E-state index is 12.3. The zero-order valence-corrected chi connectivity index (χ0v) is 13.2. The van der Waals surface area contributed by atoms with Crippen molar-refractivity contribution in [3.8, 4) is 0 Å². The average molecular weight is 315 g/mol. The summed E-state index contributed by atoms with van der Waals surface area (Å²) in [6.45, 7) is 3.82. The molecule has 1 unspecified atom stereocenters. The third kappa shape index (κ3) is 5.00. The highest BCUT2D eigenvalue weighted by Crippen LogP contribution is 2.18. The van der Waals surface area contributed by atoms with Crippen LogP contribution in [0, 0.1) is 6.92 Å². The second-order valence-corrected chi connectivity index (χ2v) is 6.33. The minimum atomic E-state index is -3.81. The summed E-state index contributed by atoms with van der Waals surface area (Å²) in [4.78, 5) is 11.8. The predicted octanol–water partition coefficient (Wildman–Crippen LogP) is 0.00662. The van der Waals surface area contributed by atoms with Gasteiger partial charge in [-0.25, -0.2) is 8.42 Å². The Bertz CT molecular complexity index is 601. The number of aryl methyl sites for hydroxylation is 1. The second kappa shape index (κ2) is 7.39. The summed E-state index contributed by atoms with van der Waals surface area (Å²) < 4.78 is 31.7. The number of rotatable bonds is 7. The van der Waals surface area contributed by atoms with Gasteiger partial charge in [0, 0.05) is 19.3 Å². The molecule has 0 radical (unpaired) electrons. The fourth-order valence-electron chi connectivity index (χ4n) is 1.69. The van der Waals surface area contributed by atoms with Gasteiger partial charge in [-0.15, -0.1) is 0 Å². The van der Waals surface area contributed by atoms with Gasteiger partial charge in [0.05, 0.1) is 17.5 Å². The van der Waals surface area contributed by atoms with Gasteiger partial charge in [0.1, 0.15) is 0 Å². The van der Waals surface area contributed by atoms with E-state index >= 15 is 0 Å². The molecule has 7 nitrogen and oxygen atoms in total. The van der Waals surface area contributed by atoms with Crippen molar-refractivity contribution in [1.82, 2.24) is 10.0 Å². The molecule has 1 aromatic carbocycles. The Balaban J connectivity index is 2.80. The van der Waals surface area contributed by atoms with Crippen LogP contribution in [-0.2, 0) is 19.6 Å². The highest BCUT2D eigenvalue weighted by Gasteiger charge is 2.23. The number of hydrogen-bond donors (Lipinski definition) is 3. The van der Waals surface area contributed by atoms with Crippen molar-refractivity contribution in [2.45, 2.75) is 24.8 Å². The van der Waals surface area contributed by atoms with Crippen LogP contribution < -0.4 is 15.8 Å². The van der Waals surface area contributed by atoms with E-state index in [1.807, 2.05) is 0 Å². The molecule has 0 saturated carbocycles. The quantitative estimate of drug-likeness (QED) is 0.485. The maximum Gasteiger partial charge on any atom is 0.241 e. The molecule has 8 heteroatoms. The van der Waals surface area contributed by atoms with Gasteiger partial charge in [0.15, 0.2) is 0 Å². The molecule has 21 heavy (non-hydrogen) atoms. The van der Waals surface area contributed by atoms with Crippen LogP contribution in [0.3, 0.4) is 0 Å². The Morgan fingerprint density at radius 1 is 1.43 bits per heavy atom. The first-order valence-electron chi connectivity index (χ1n) is 6.43. The largest absolute Gasteiger partial charge is 0.399 e. The van der Waals surface area contributed by atoms with Crippen LogP contribution in [0.4, 0.5) is 5.69 Å². The van der Waals surface area contributed by atoms with Crippen molar-refractivity contribution in [3.63, 3.8) is 0 Å². The van der Waals surface area contributed by atoms with E-state index in [9.17, 15) is 13.2 Å². The van der Waals surface area contributed by atoms with Crippen LogP contribution in [0.1, 0.15) is 12.5 Å². The molecular formula is C13H21N3O4S. The molecule has 0 heterocycles. The van der Waals surface area contributed by atoms with Gasteiger partial charge in [0.25, 0.3) is 0 Å². The lowest BCUT2D eigenvalue weighted by atomic mass is 10.2. The zero-order valence-electron chi connectivity index (χ0n) is 12.3. The fourth-order valence-corrected chi connectivity index (χ4v) is 3.17. The number of carbonyl (C=O) groups excluding carboxylic acids is 1.